The fraction of sp³-hybridized carbons (Fsp3) is 0.875. The molecule has 0 aromatic heterocycles. The molecule has 0 aromatic carbocycles. The van der Waals surface area contributed by atoms with E-state index in [9.17, 15) is 4.79 Å². The Bertz CT molecular complexity index is 169. The van der Waals surface area contributed by atoms with Crippen LogP contribution < -0.4 is 17.0 Å². The number of carbonyl (C=O) groups excluding carboxylic acids is 1. The summed E-state index contributed by atoms with van der Waals surface area (Å²) >= 11 is 0. The predicted molar refractivity (Wildman–Crippen MR) is 43.6 cm³/mol. The zero-order chi connectivity index (χ0) is 9.03. The van der Waals surface area contributed by atoms with Crippen molar-refractivity contribution in [2.24, 2.45) is 0 Å². The minimum Gasteiger partial charge on any atom is -1.00 e. The van der Waals surface area contributed by atoms with Crippen LogP contribution in [0.3, 0.4) is 0 Å². The smallest absolute Gasteiger partial charge is 0.361 e. The van der Waals surface area contributed by atoms with Crippen LogP contribution in [0.1, 0.15) is 0 Å². The summed E-state index contributed by atoms with van der Waals surface area (Å²) in [6.45, 7) is 3.74. The SMILES string of the molecule is COC(=O)C[N+]1(C)CCOCC1.[Br-]. The summed E-state index contributed by atoms with van der Waals surface area (Å²) < 4.78 is 10.6. The number of quaternary nitrogens is 1. The van der Waals surface area contributed by atoms with Gasteiger partial charge in [0.05, 0.1) is 27.4 Å². The molecule has 1 aliphatic rings. The summed E-state index contributed by atoms with van der Waals surface area (Å²) in [4.78, 5) is 11.0. The maximum atomic E-state index is 11.0. The Kier molecular flexibility index (Phi) is 5.51. The van der Waals surface area contributed by atoms with Gasteiger partial charge in [-0.1, -0.05) is 0 Å². The van der Waals surface area contributed by atoms with Crippen molar-refractivity contribution < 1.29 is 35.7 Å². The topological polar surface area (TPSA) is 35.5 Å². The molecule has 5 heteroatoms. The molecule has 0 aliphatic carbocycles. The van der Waals surface area contributed by atoms with Gasteiger partial charge >= 0.3 is 5.97 Å². The molecular formula is C8H16BrNO3. The first-order valence-corrected chi connectivity index (χ1v) is 4.14. The van der Waals surface area contributed by atoms with E-state index in [0.717, 1.165) is 30.8 Å². The van der Waals surface area contributed by atoms with Gasteiger partial charge in [-0.3, -0.25) is 0 Å². The van der Waals surface area contributed by atoms with Crippen molar-refractivity contribution in [1.29, 1.82) is 0 Å². The third-order valence-electron chi connectivity index (χ3n) is 2.29. The van der Waals surface area contributed by atoms with E-state index in [4.69, 9.17) is 4.74 Å². The molecule has 1 rings (SSSR count). The van der Waals surface area contributed by atoms with Gasteiger partial charge in [0.25, 0.3) is 0 Å². The van der Waals surface area contributed by atoms with Gasteiger partial charge in [-0.2, -0.15) is 0 Å². The molecule has 0 saturated carbocycles. The molecule has 13 heavy (non-hydrogen) atoms. The van der Waals surface area contributed by atoms with Crippen LogP contribution in [0, 0.1) is 0 Å². The van der Waals surface area contributed by atoms with Crippen molar-refractivity contribution in [1.82, 2.24) is 0 Å². The number of hydrogen-bond donors (Lipinski definition) is 0. The summed E-state index contributed by atoms with van der Waals surface area (Å²) in [5, 5.41) is 0. The first kappa shape index (κ1) is 12.9. The Morgan fingerprint density at radius 3 is 2.46 bits per heavy atom. The second-order valence-corrected chi connectivity index (χ2v) is 3.41. The van der Waals surface area contributed by atoms with Crippen LogP contribution in [0.2, 0.25) is 0 Å². The normalized spacial score (nSPS) is 20.2. The molecule has 1 fully saturated rings. The molecule has 0 radical (unpaired) electrons. The summed E-state index contributed by atoms with van der Waals surface area (Å²) in [5.41, 5.74) is 0. The molecule has 4 nitrogen and oxygen atoms in total. The number of morpholine rings is 1. The van der Waals surface area contributed by atoms with Gasteiger partial charge in [-0.25, -0.2) is 4.79 Å². The lowest BCUT2D eigenvalue weighted by Gasteiger charge is -2.36. The van der Waals surface area contributed by atoms with Crippen molar-refractivity contribution in [2.45, 2.75) is 0 Å². The van der Waals surface area contributed by atoms with Crippen molar-refractivity contribution in [2.75, 3.05) is 47.0 Å². The molecule has 0 bridgehead atoms. The Morgan fingerprint density at radius 1 is 1.46 bits per heavy atom. The maximum absolute atomic E-state index is 11.0. The fourth-order valence-corrected chi connectivity index (χ4v) is 1.32. The van der Waals surface area contributed by atoms with Crippen LogP contribution in [0.5, 0.6) is 0 Å². The molecule has 1 saturated heterocycles. The quantitative estimate of drug-likeness (QED) is 0.381. The number of nitrogens with zero attached hydrogens (tertiary/aromatic N) is 1. The number of hydrogen-bond acceptors (Lipinski definition) is 3. The van der Waals surface area contributed by atoms with Gasteiger partial charge in [0.15, 0.2) is 6.54 Å². The molecule has 78 valence electrons. The number of carbonyl (C=O) groups is 1. The molecule has 1 heterocycles. The number of rotatable bonds is 2. The highest BCUT2D eigenvalue weighted by atomic mass is 79.9. The van der Waals surface area contributed by atoms with Gasteiger partial charge in [-0.15, -0.1) is 0 Å². The van der Waals surface area contributed by atoms with Gasteiger partial charge in [-0.05, 0) is 0 Å². The number of ether oxygens (including phenoxy) is 2. The Hall–Kier alpha value is -0.130. The molecule has 0 unspecified atom stereocenters. The largest absolute Gasteiger partial charge is 1.00 e. The number of likely N-dealkylation sites (N-methyl/N-ethyl adjacent to an activating group) is 1. The van der Waals surface area contributed by atoms with Crippen LogP contribution in [0.4, 0.5) is 0 Å². The third kappa shape index (κ3) is 4.06. The number of esters is 1. The molecule has 1 aliphatic heterocycles. The first-order valence-electron chi connectivity index (χ1n) is 4.14. The van der Waals surface area contributed by atoms with Crippen molar-refractivity contribution in [3.8, 4) is 0 Å². The average molecular weight is 254 g/mol. The Labute approximate surface area is 89.2 Å². The van der Waals surface area contributed by atoms with Crippen molar-refractivity contribution in [3.63, 3.8) is 0 Å². The summed E-state index contributed by atoms with van der Waals surface area (Å²) in [7, 11) is 3.48. The van der Waals surface area contributed by atoms with Crippen molar-refractivity contribution >= 4 is 5.97 Å². The lowest BCUT2D eigenvalue weighted by atomic mass is 10.3. The fourth-order valence-electron chi connectivity index (χ4n) is 1.32. The van der Waals surface area contributed by atoms with Crippen LogP contribution in [0.15, 0.2) is 0 Å². The van der Waals surface area contributed by atoms with Crippen LogP contribution in [-0.4, -0.2) is 57.5 Å². The van der Waals surface area contributed by atoms with Crippen LogP contribution >= 0.6 is 0 Å². The molecule has 0 amide bonds. The van der Waals surface area contributed by atoms with E-state index in [1.54, 1.807) is 0 Å². The third-order valence-corrected chi connectivity index (χ3v) is 2.29. The zero-order valence-corrected chi connectivity index (χ0v) is 9.67. The highest BCUT2D eigenvalue weighted by Gasteiger charge is 2.28. The van der Waals surface area contributed by atoms with E-state index >= 15 is 0 Å². The van der Waals surface area contributed by atoms with E-state index in [0.29, 0.717) is 6.54 Å². The van der Waals surface area contributed by atoms with Gasteiger partial charge in [0.1, 0.15) is 13.1 Å². The average Bonchev–Trinajstić information content (AvgIpc) is 2.05. The minimum absolute atomic E-state index is 0. The molecule has 0 spiro atoms. The first-order chi connectivity index (χ1) is 5.66. The van der Waals surface area contributed by atoms with Crippen LogP contribution in [0.25, 0.3) is 0 Å². The lowest BCUT2D eigenvalue weighted by molar-refractivity contribution is -0.910. The Balaban J connectivity index is 0.00000144. The highest BCUT2D eigenvalue weighted by Crippen LogP contribution is 2.06. The van der Waals surface area contributed by atoms with E-state index in [-0.39, 0.29) is 23.0 Å². The highest BCUT2D eigenvalue weighted by molar-refractivity contribution is 5.70. The lowest BCUT2D eigenvalue weighted by Crippen LogP contribution is -3.00. The molecular weight excluding hydrogens is 238 g/mol. The molecule has 0 N–H and O–H groups in total. The van der Waals surface area contributed by atoms with E-state index in [1.165, 1.54) is 7.11 Å². The number of halogens is 1. The van der Waals surface area contributed by atoms with E-state index in [1.807, 2.05) is 0 Å². The maximum Gasteiger partial charge on any atom is 0.361 e. The van der Waals surface area contributed by atoms with Crippen molar-refractivity contribution in [3.05, 3.63) is 0 Å². The summed E-state index contributed by atoms with van der Waals surface area (Å²) in [6.07, 6.45) is 0. The second-order valence-electron chi connectivity index (χ2n) is 3.41. The number of methoxy groups -OCH3 is 1. The van der Waals surface area contributed by atoms with Gasteiger partial charge < -0.3 is 30.9 Å². The zero-order valence-electron chi connectivity index (χ0n) is 8.09. The Morgan fingerprint density at radius 2 is 2.00 bits per heavy atom. The minimum atomic E-state index is -0.139. The van der Waals surface area contributed by atoms with Gasteiger partial charge in [0, 0.05) is 0 Å². The monoisotopic (exact) mass is 253 g/mol. The summed E-state index contributed by atoms with van der Waals surface area (Å²) in [6, 6.07) is 0. The van der Waals surface area contributed by atoms with E-state index < -0.39 is 0 Å². The standard InChI is InChI=1S/C8H16NO3.BrH/c1-9(7-8(10)11-2)3-5-12-6-4-9;/h3-7H2,1-2H3;1H/q+1;/p-1. The predicted octanol–water partition coefficient (Wildman–Crippen LogP) is -3.36. The molecule has 0 aromatic rings. The van der Waals surface area contributed by atoms with Gasteiger partial charge in [0.2, 0.25) is 0 Å². The summed E-state index contributed by atoms with van der Waals surface area (Å²) in [5.74, 6) is -0.139. The van der Waals surface area contributed by atoms with Crippen LogP contribution in [-0.2, 0) is 14.3 Å². The second kappa shape index (κ2) is 5.57. The van der Waals surface area contributed by atoms with E-state index in [2.05, 4.69) is 11.8 Å². The molecule has 0 atom stereocenters.